The van der Waals surface area contributed by atoms with Crippen molar-refractivity contribution < 1.29 is 9.18 Å². The van der Waals surface area contributed by atoms with Crippen molar-refractivity contribution in [1.82, 2.24) is 9.88 Å². The molecular formula is C11H12FN3O. The number of halogens is 1. The Bertz CT molecular complexity index is 427. The maximum absolute atomic E-state index is 13.2. The van der Waals surface area contributed by atoms with E-state index >= 15 is 0 Å². The van der Waals surface area contributed by atoms with Gasteiger partial charge in [-0.3, -0.25) is 4.79 Å². The molecule has 0 N–H and O–H groups in total. The van der Waals surface area contributed by atoms with Gasteiger partial charge in [-0.25, -0.2) is 4.98 Å². The van der Waals surface area contributed by atoms with Crippen LogP contribution in [0.15, 0.2) is 18.3 Å². The highest BCUT2D eigenvalue weighted by Gasteiger charge is 2.17. The average Bonchev–Trinajstić information content (AvgIpc) is 2.28. The van der Waals surface area contributed by atoms with E-state index in [9.17, 15) is 9.18 Å². The van der Waals surface area contributed by atoms with Crippen molar-refractivity contribution in [3.05, 3.63) is 29.8 Å². The van der Waals surface area contributed by atoms with Gasteiger partial charge in [-0.1, -0.05) is 0 Å². The third-order valence-electron chi connectivity index (χ3n) is 2.10. The molecular weight excluding hydrogens is 209 g/mol. The van der Waals surface area contributed by atoms with Crippen LogP contribution in [0.25, 0.3) is 0 Å². The molecule has 1 heterocycles. The highest BCUT2D eigenvalue weighted by Crippen LogP contribution is 2.08. The van der Waals surface area contributed by atoms with Crippen molar-refractivity contribution in [3.63, 3.8) is 0 Å². The smallest absolute Gasteiger partial charge is 0.258 e. The largest absolute Gasteiger partial charge is 0.340 e. The molecule has 1 aromatic rings. The lowest BCUT2D eigenvalue weighted by atomic mass is 10.2. The van der Waals surface area contributed by atoms with Crippen molar-refractivity contribution in [2.75, 3.05) is 13.6 Å². The molecule has 1 atom stereocenters. The number of hydrogen-bond acceptors (Lipinski definition) is 3. The monoisotopic (exact) mass is 221 g/mol. The molecule has 0 aromatic carbocycles. The molecule has 5 heteroatoms. The second kappa shape index (κ2) is 5.21. The van der Waals surface area contributed by atoms with Gasteiger partial charge >= 0.3 is 0 Å². The highest BCUT2D eigenvalue weighted by molar-refractivity contribution is 5.93. The first-order valence-corrected chi connectivity index (χ1v) is 4.82. The summed E-state index contributed by atoms with van der Waals surface area (Å²) in [6.45, 7) is 1.97. The predicted octanol–water partition coefficient (Wildman–Crippen LogP) is 1.45. The van der Waals surface area contributed by atoms with Gasteiger partial charge in [-0.2, -0.15) is 9.65 Å². The first kappa shape index (κ1) is 12.1. The lowest BCUT2D eigenvalue weighted by molar-refractivity contribution is 0.0779. The molecule has 4 nitrogen and oxygen atoms in total. The van der Waals surface area contributed by atoms with E-state index in [1.54, 1.807) is 6.92 Å². The van der Waals surface area contributed by atoms with Gasteiger partial charge in [-0.05, 0) is 19.1 Å². The Kier molecular flexibility index (Phi) is 3.95. The number of amides is 1. The molecule has 16 heavy (non-hydrogen) atoms. The van der Waals surface area contributed by atoms with E-state index in [2.05, 4.69) is 4.98 Å². The SMILES string of the molecule is CC(C#N)CN(C)C(=O)c1cccnc1F. The third kappa shape index (κ3) is 2.76. The first-order chi connectivity index (χ1) is 7.56. The number of aromatic nitrogens is 1. The van der Waals surface area contributed by atoms with E-state index in [1.165, 1.54) is 30.3 Å². The van der Waals surface area contributed by atoms with Gasteiger partial charge in [0.15, 0.2) is 0 Å². The maximum atomic E-state index is 13.2. The Morgan fingerprint density at radius 3 is 3.00 bits per heavy atom. The number of nitriles is 1. The zero-order valence-electron chi connectivity index (χ0n) is 9.14. The molecule has 1 unspecified atom stereocenters. The molecule has 0 radical (unpaired) electrons. The molecule has 0 saturated carbocycles. The molecule has 0 aliphatic carbocycles. The molecule has 1 amide bonds. The normalized spacial score (nSPS) is 11.6. The number of nitrogens with zero attached hydrogens (tertiary/aromatic N) is 3. The van der Waals surface area contributed by atoms with Crippen LogP contribution in [-0.4, -0.2) is 29.4 Å². The topological polar surface area (TPSA) is 57.0 Å². The fourth-order valence-corrected chi connectivity index (χ4v) is 1.29. The molecule has 0 saturated heterocycles. The average molecular weight is 221 g/mol. The minimum atomic E-state index is -0.788. The van der Waals surface area contributed by atoms with Crippen LogP contribution in [0.3, 0.4) is 0 Å². The Labute approximate surface area is 93.3 Å². The second-order valence-corrected chi connectivity index (χ2v) is 3.56. The van der Waals surface area contributed by atoms with E-state index in [1.807, 2.05) is 6.07 Å². The number of hydrogen-bond donors (Lipinski definition) is 0. The van der Waals surface area contributed by atoms with Crippen LogP contribution < -0.4 is 0 Å². The lowest BCUT2D eigenvalue weighted by Crippen LogP contribution is -2.31. The van der Waals surface area contributed by atoms with E-state index < -0.39 is 11.9 Å². The van der Waals surface area contributed by atoms with Gasteiger partial charge in [0, 0.05) is 19.8 Å². The van der Waals surface area contributed by atoms with Crippen molar-refractivity contribution in [2.24, 2.45) is 5.92 Å². The van der Waals surface area contributed by atoms with Crippen molar-refractivity contribution in [2.45, 2.75) is 6.92 Å². The fourth-order valence-electron chi connectivity index (χ4n) is 1.29. The van der Waals surface area contributed by atoms with Gasteiger partial charge in [0.25, 0.3) is 5.91 Å². The van der Waals surface area contributed by atoms with Crippen LogP contribution in [0.2, 0.25) is 0 Å². The molecule has 0 aliphatic heterocycles. The third-order valence-corrected chi connectivity index (χ3v) is 2.10. The van der Waals surface area contributed by atoms with E-state index in [0.29, 0.717) is 0 Å². The number of carbonyl (C=O) groups is 1. The first-order valence-electron chi connectivity index (χ1n) is 4.82. The fraction of sp³-hybridized carbons (Fsp3) is 0.364. The quantitative estimate of drug-likeness (QED) is 0.726. The zero-order chi connectivity index (χ0) is 12.1. The summed E-state index contributed by atoms with van der Waals surface area (Å²) in [4.78, 5) is 16.5. The minimum absolute atomic E-state index is 0.0739. The number of carbonyl (C=O) groups excluding carboxylic acids is 1. The lowest BCUT2D eigenvalue weighted by Gasteiger charge is -2.18. The van der Waals surface area contributed by atoms with Crippen molar-refractivity contribution >= 4 is 5.91 Å². The van der Waals surface area contributed by atoms with Crippen molar-refractivity contribution in [3.8, 4) is 6.07 Å². The molecule has 0 fully saturated rings. The molecule has 1 aromatic heterocycles. The van der Waals surface area contributed by atoms with E-state index in [4.69, 9.17) is 5.26 Å². The van der Waals surface area contributed by atoms with E-state index in [0.717, 1.165) is 0 Å². The molecule has 0 bridgehead atoms. The minimum Gasteiger partial charge on any atom is -0.340 e. The van der Waals surface area contributed by atoms with Crippen LogP contribution in [0, 0.1) is 23.2 Å². The van der Waals surface area contributed by atoms with Gasteiger partial charge in [0.1, 0.15) is 0 Å². The summed E-state index contributed by atoms with van der Waals surface area (Å²) in [7, 11) is 1.53. The summed E-state index contributed by atoms with van der Waals surface area (Å²) in [6.07, 6.45) is 1.28. The van der Waals surface area contributed by atoms with Crippen LogP contribution >= 0.6 is 0 Å². The van der Waals surface area contributed by atoms with Gasteiger partial charge in [0.2, 0.25) is 5.95 Å². The summed E-state index contributed by atoms with van der Waals surface area (Å²) in [5.74, 6) is -1.54. The summed E-state index contributed by atoms with van der Waals surface area (Å²) in [5, 5.41) is 8.62. The van der Waals surface area contributed by atoms with Gasteiger partial charge < -0.3 is 4.90 Å². The standard InChI is InChI=1S/C11H12FN3O/c1-8(6-13)7-15(2)11(16)9-4-3-5-14-10(9)12/h3-5,8H,7H2,1-2H3. The Balaban J connectivity index is 2.80. The summed E-state index contributed by atoms with van der Waals surface area (Å²) in [6, 6.07) is 4.88. The number of pyridine rings is 1. The van der Waals surface area contributed by atoms with Crippen molar-refractivity contribution in [1.29, 1.82) is 5.26 Å². The summed E-state index contributed by atoms with van der Waals surface area (Å²) < 4.78 is 13.2. The summed E-state index contributed by atoms with van der Waals surface area (Å²) in [5.41, 5.74) is -0.0739. The van der Waals surface area contributed by atoms with Crippen LogP contribution in [-0.2, 0) is 0 Å². The van der Waals surface area contributed by atoms with Gasteiger partial charge in [-0.15, -0.1) is 0 Å². The molecule has 0 spiro atoms. The number of rotatable bonds is 3. The summed E-state index contributed by atoms with van der Waals surface area (Å²) >= 11 is 0. The van der Waals surface area contributed by atoms with Crippen LogP contribution in [0.1, 0.15) is 17.3 Å². The molecule has 1 rings (SSSR count). The molecule has 84 valence electrons. The van der Waals surface area contributed by atoms with Gasteiger partial charge in [0.05, 0.1) is 17.6 Å². The molecule has 0 aliphatic rings. The Hall–Kier alpha value is -1.96. The maximum Gasteiger partial charge on any atom is 0.258 e. The Morgan fingerprint density at radius 2 is 2.44 bits per heavy atom. The van der Waals surface area contributed by atoms with Crippen LogP contribution in [0.5, 0.6) is 0 Å². The second-order valence-electron chi connectivity index (χ2n) is 3.56. The Morgan fingerprint density at radius 1 is 1.75 bits per heavy atom. The highest BCUT2D eigenvalue weighted by atomic mass is 19.1. The predicted molar refractivity (Wildman–Crippen MR) is 55.9 cm³/mol. The van der Waals surface area contributed by atoms with Crippen LogP contribution in [0.4, 0.5) is 4.39 Å². The zero-order valence-corrected chi connectivity index (χ0v) is 9.14. The van der Waals surface area contributed by atoms with E-state index in [-0.39, 0.29) is 18.0 Å².